The highest BCUT2D eigenvalue weighted by molar-refractivity contribution is 4.85. The van der Waals surface area contributed by atoms with Gasteiger partial charge < -0.3 is 4.74 Å². The van der Waals surface area contributed by atoms with Gasteiger partial charge in [-0.15, -0.1) is 0 Å². The summed E-state index contributed by atoms with van der Waals surface area (Å²) in [6, 6.07) is 0. The van der Waals surface area contributed by atoms with Crippen molar-refractivity contribution in [1.29, 1.82) is 0 Å². The van der Waals surface area contributed by atoms with Gasteiger partial charge in [0.15, 0.2) is 0 Å². The van der Waals surface area contributed by atoms with Gasteiger partial charge >= 0.3 is 0 Å². The summed E-state index contributed by atoms with van der Waals surface area (Å²) in [5.41, 5.74) is 0. The van der Waals surface area contributed by atoms with Crippen LogP contribution in [0.1, 0.15) is 51.4 Å². The molecule has 4 saturated heterocycles. The maximum atomic E-state index is 6.15. The van der Waals surface area contributed by atoms with Gasteiger partial charge in [0.05, 0.1) is 12.2 Å². The maximum Gasteiger partial charge on any atom is 0.0579 e. The predicted octanol–water partition coefficient (Wildman–Crippen LogP) is 3.13. The normalized spacial score (nSPS) is 49.8. The van der Waals surface area contributed by atoms with Gasteiger partial charge in [0.1, 0.15) is 0 Å². The molecule has 1 heteroatoms. The van der Waals surface area contributed by atoms with Gasteiger partial charge in [0.2, 0.25) is 0 Å². The zero-order chi connectivity index (χ0) is 8.67. The van der Waals surface area contributed by atoms with Gasteiger partial charge in [-0.3, -0.25) is 0 Å². The van der Waals surface area contributed by atoms with E-state index in [4.69, 9.17) is 4.74 Å². The highest BCUT2D eigenvalue weighted by Crippen LogP contribution is 2.42. The molecular weight excluding hydrogens is 160 g/mol. The minimum absolute atomic E-state index is 0.637. The molecule has 2 saturated carbocycles. The lowest BCUT2D eigenvalue weighted by Gasteiger charge is -2.31. The Balaban J connectivity index is 1.82. The van der Waals surface area contributed by atoms with Crippen LogP contribution >= 0.6 is 0 Å². The molecule has 0 radical (unpaired) electrons. The molecule has 0 spiro atoms. The third kappa shape index (κ3) is 1.52. The van der Waals surface area contributed by atoms with E-state index in [1.165, 1.54) is 51.4 Å². The molecule has 6 aliphatic rings. The SMILES string of the molecule is C1CC2CCC1OC1CCC2CC1. The van der Waals surface area contributed by atoms with E-state index in [-0.39, 0.29) is 0 Å². The van der Waals surface area contributed by atoms with Gasteiger partial charge in [0.25, 0.3) is 0 Å². The number of hydrogen-bond acceptors (Lipinski definition) is 1. The first kappa shape index (κ1) is 8.28. The second kappa shape index (κ2) is 3.27. The molecule has 4 heterocycles. The number of hydrogen-bond donors (Lipinski definition) is 0. The monoisotopic (exact) mass is 180 g/mol. The molecule has 6 fully saturated rings. The fraction of sp³-hybridized carbons (Fsp3) is 1.00. The van der Waals surface area contributed by atoms with Crippen LogP contribution in [0.25, 0.3) is 0 Å². The quantitative estimate of drug-likeness (QED) is 0.556. The average Bonchev–Trinajstić information content (AvgIpc) is 2.39. The Morgan fingerprint density at radius 3 is 1.31 bits per heavy atom. The van der Waals surface area contributed by atoms with E-state index in [2.05, 4.69) is 0 Å². The zero-order valence-electron chi connectivity index (χ0n) is 8.37. The lowest BCUT2D eigenvalue weighted by atomic mass is 9.73. The maximum absolute atomic E-state index is 6.15. The second-order valence-electron chi connectivity index (χ2n) is 5.21. The fourth-order valence-electron chi connectivity index (χ4n) is 3.66. The standard InChI is InChI=1S/C12H20O/c1-5-11-6-2-9(1)10-3-7-12(13-11)8-4-10/h9-12H,1-8H2. The molecule has 2 aliphatic carbocycles. The topological polar surface area (TPSA) is 9.23 Å². The Morgan fingerprint density at radius 2 is 0.923 bits per heavy atom. The molecular formula is C12H20O. The second-order valence-corrected chi connectivity index (χ2v) is 5.21. The van der Waals surface area contributed by atoms with E-state index in [1.54, 1.807) is 0 Å². The Labute approximate surface area is 80.8 Å². The minimum Gasteiger partial charge on any atom is -0.375 e. The van der Waals surface area contributed by atoms with Crippen LogP contribution in [0.2, 0.25) is 0 Å². The first-order valence-corrected chi connectivity index (χ1v) is 6.07. The zero-order valence-corrected chi connectivity index (χ0v) is 8.37. The highest BCUT2D eigenvalue weighted by atomic mass is 16.5. The molecule has 13 heavy (non-hydrogen) atoms. The van der Waals surface area contributed by atoms with Crippen molar-refractivity contribution in [1.82, 2.24) is 0 Å². The third-order valence-electron chi connectivity index (χ3n) is 4.49. The average molecular weight is 180 g/mol. The van der Waals surface area contributed by atoms with Crippen molar-refractivity contribution in [3.05, 3.63) is 0 Å². The first-order chi connectivity index (χ1) is 6.42. The lowest BCUT2D eigenvalue weighted by molar-refractivity contribution is -0.0357. The van der Waals surface area contributed by atoms with Crippen LogP contribution in [-0.2, 0) is 4.74 Å². The van der Waals surface area contributed by atoms with Crippen molar-refractivity contribution in [2.75, 3.05) is 0 Å². The van der Waals surface area contributed by atoms with Crippen molar-refractivity contribution >= 4 is 0 Å². The molecule has 4 aliphatic heterocycles. The van der Waals surface area contributed by atoms with E-state index >= 15 is 0 Å². The van der Waals surface area contributed by atoms with Gasteiger partial charge in [-0.05, 0) is 63.2 Å². The van der Waals surface area contributed by atoms with Crippen molar-refractivity contribution in [2.45, 2.75) is 63.6 Å². The first-order valence-electron chi connectivity index (χ1n) is 6.07. The molecule has 0 N–H and O–H groups in total. The molecule has 0 atom stereocenters. The van der Waals surface area contributed by atoms with Gasteiger partial charge in [0, 0.05) is 0 Å². The summed E-state index contributed by atoms with van der Waals surface area (Å²) in [5.74, 6) is 2.14. The highest BCUT2D eigenvalue weighted by Gasteiger charge is 2.35. The Bertz CT molecular complexity index is 154. The van der Waals surface area contributed by atoms with Gasteiger partial charge in [-0.1, -0.05) is 0 Å². The van der Waals surface area contributed by atoms with E-state index in [0.29, 0.717) is 12.2 Å². The summed E-state index contributed by atoms with van der Waals surface area (Å²) < 4.78 is 6.15. The molecule has 0 aromatic heterocycles. The van der Waals surface area contributed by atoms with Crippen LogP contribution in [-0.4, -0.2) is 12.2 Å². The molecule has 0 amide bonds. The van der Waals surface area contributed by atoms with Crippen molar-refractivity contribution < 1.29 is 4.74 Å². The van der Waals surface area contributed by atoms with Crippen molar-refractivity contribution in [2.24, 2.45) is 11.8 Å². The van der Waals surface area contributed by atoms with E-state index in [1.807, 2.05) is 0 Å². The van der Waals surface area contributed by atoms with Crippen LogP contribution < -0.4 is 0 Å². The number of ether oxygens (including phenoxy) is 1. The molecule has 74 valence electrons. The Morgan fingerprint density at radius 1 is 0.538 bits per heavy atom. The predicted molar refractivity (Wildman–Crippen MR) is 52.6 cm³/mol. The van der Waals surface area contributed by atoms with Crippen LogP contribution in [0, 0.1) is 11.8 Å². The van der Waals surface area contributed by atoms with Crippen LogP contribution in [0.5, 0.6) is 0 Å². The van der Waals surface area contributed by atoms with Crippen LogP contribution in [0.3, 0.4) is 0 Å². The van der Waals surface area contributed by atoms with E-state index in [9.17, 15) is 0 Å². The molecule has 0 aromatic rings. The van der Waals surface area contributed by atoms with Crippen molar-refractivity contribution in [3.8, 4) is 0 Å². The number of rotatable bonds is 0. The third-order valence-corrected chi connectivity index (χ3v) is 4.49. The van der Waals surface area contributed by atoms with Crippen LogP contribution in [0.15, 0.2) is 0 Å². The van der Waals surface area contributed by atoms with Crippen molar-refractivity contribution in [3.63, 3.8) is 0 Å². The minimum atomic E-state index is 0.637. The Kier molecular flexibility index (Phi) is 2.08. The van der Waals surface area contributed by atoms with E-state index in [0.717, 1.165) is 11.8 Å². The summed E-state index contributed by atoms with van der Waals surface area (Å²) in [7, 11) is 0. The molecule has 6 rings (SSSR count). The smallest absolute Gasteiger partial charge is 0.0579 e. The largest absolute Gasteiger partial charge is 0.375 e. The summed E-state index contributed by atoms with van der Waals surface area (Å²) >= 11 is 0. The summed E-state index contributed by atoms with van der Waals surface area (Å²) in [4.78, 5) is 0. The fourth-order valence-corrected chi connectivity index (χ4v) is 3.66. The Hall–Kier alpha value is -0.0400. The lowest BCUT2D eigenvalue weighted by Crippen LogP contribution is -2.23. The molecule has 1 nitrogen and oxygen atoms in total. The summed E-state index contributed by atoms with van der Waals surface area (Å²) in [6.07, 6.45) is 12.6. The summed E-state index contributed by atoms with van der Waals surface area (Å²) in [6.45, 7) is 0. The molecule has 4 bridgehead atoms. The molecule has 0 aromatic carbocycles. The molecule has 0 unspecified atom stereocenters. The summed E-state index contributed by atoms with van der Waals surface area (Å²) in [5, 5.41) is 0. The van der Waals surface area contributed by atoms with Gasteiger partial charge in [-0.2, -0.15) is 0 Å². The van der Waals surface area contributed by atoms with Gasteiger partial charge in [-0.25, -0.2) is 0 Å². The van der Waals surface area contributed by atoms with E-state index < -0.39 is 0 Å². The van der Waals surface area contributed by atoms with Crippen LogP contribution in [0.4, 0.5) is 0 Å².